The van der Waals surface area contributed by atoms with E-state index in [4.69, 9.17) is 15.2 Å². The van der Waals surface area contributed by atoms with E-state index in [1.807, 2.05) is 0 Å². The number of hydrogen-bond donors (Lipinski definition) is 3. The lowest BCUT2D eigenvalue weighted by Crippen LogP contribution is -2.46. The van der Waals surface area contributed by atoms with Crippen LogP contribution in [-0.2, 0) is 12.8 Å². The molecule has 35 heavy (non-hydrogen) atoms. The SMILES string of the molecule is COc1ccc(C(N)=O)c2c1OC[C@H](NC(CCc1c[nH]c3ccc(F)cc13)CCC(F)(F)F)C2. The van der Waals surface area contributed by atoms with E-state index in [1.54, 1.807) is 24.4 Å². The van der Waals surface area contributed by atoms with Crippen LogP contribution in [0.4, 0.5) is 17.6 Å². The summed E-state index contributed by atoms with van der Waals surface area (Å²) in [7, 11) is 1.48. The van der Waals surface area contributed by atoms with E-state index in [0.717, 1.165) is 11.1 Å². The Labute approximate surface area is 199 Å². The van der Waals surface area contributed by atoms with Crippen LogP contribution < -0.4 is 20.5 Å². The molecule has 10 heteroatoms. The Morgan fingerprint density at radius 2 is 2.09 bits per heavy atom. The van der Waals surface area contributed by atoms with Gasteiger partial charge in [-0.3, -0.25) is 4.79 Å². The lowest BCUT2D eigenvalue weighted by atomic mass is 9.94. The van der Waals surface area contributed by atoms with Gasteiger partial charge in [0.25, 0.3) is 0 Å². The molecule has 0 aliphatic carbocycles. The molecule has 1 aliphatic rings. The first-order valence-corrected chi connectivity index (χ1v) is 11.4. The Balaban J connectivity index is 1.51. The average Bonchev–Trinajstić information content (AvgIpc) is 3.21. The van der Waals surface area contributed by atoms with Crippen molar-refractivity contribution >= 4 is 16.8 Å². The van der Waals surface area contributed by atoms with Crippen LogP contribution in [0.1, 0.15) is 40.7 Å². The summed E-state index contributed by atoms with van der Waals surface area (Å²) >= 11 is 0. The van der Waals surface area contributed by atoms with E-state index in [0.29, 0.717) is 47.3 Å². The van der Waals surface area contributed by atoms with Gasteiger partial charge < -0.3 is 25.5 Å². The normalized spacial score (nSPS) is 16.5. The molecule has 1 aliphatic heterocycles. The summed E-state index contributed by atoms with van der Waals surface area (Å²) < 4.78 is 63.9. The number of halogens is 4. The molecule has 3 aromatic rings. The van der Waals surface area contributed by atoms with Crippen LogP contribution in [-0.4, -0.2) is 42.9 Å². The number of nitrogens with two attached hydrogens (primary N) is 1. The number of alkyl halides is 3. The van der Waals surface area contributed by atoms with Gasteiger partial charge in [-0.05, 0) is 61.6 Å². The Morgan fingerprint density at radius 3 is 2.80 bits per heavy atom. The summed E-state index contributed by atoms with van der Waals surface area (Å²) in [5.41, 5.74) is 7.99. The van der Waals surface area contributed by atoms with Gasteiger partial charge in [-0.25, -0.2) is 4.39 Å². The minimum absolute atomic E-state index is 0.121. The molecule has 1 aromatic heterocycles. The fourth-order valence-electron chi connectivity index (χ4n) is 4.62. The summed E-state index contributed by atoms with van der Waals surface area (Å²) in [6, 6.07) is 6.76. The first-order chi connectivity index (χ1) is 16.6. The third-order valence-electron chi connectivity index (χ3n) is 6.33. The van der Waals surface area contributed by atoms with Crippen molar-refractivity contribution in [2.45, 2.75) is 50.4 Å². The average molecular weight is 494 g/mol. The largest absolute Gasteiger partial charge is 0.493 e. The smallest absolute Gasteiger partial charge is 0.389 e. The Kier molecular flexibility index (Phi) is 7.20. The molecule has 6 nitrogen and oxygen atoms in total. The zero-order valence-corrected chi connectivity index (χ0v) is 19.2. The number of hydrogen-bond acceptors (Lipinski definition) is 4. The number of carbonyl (C=O) groups excluding carboxylic acids is 1. The highest BCUT2D eigenvalue weighted by Crippen LogP contribution is 2.37. The number of aryl methyl sites for hydroxylation is 1. The van der Waals surface area contributed by atoms with Crippen molar-refractivity contribution in [2.24, 2.45) is 5.73 Å². The van der Waals surface area contributed by atoms with Gasteiger partial charge in [0, 0.05) is 46.7 Å². The maximum absolute atomic E-state index is 13.7. The topological polar surface area (TPSA) is 89.4 Å². The second kappa shape index (κ2) is 10.2. The Bertz CT molecular complexity index is 1210. The number of methoxy groups -OCH3 is 1. The molecule has 1 amide bonds. The third-order valence-corrected chi connectivity index (χ3v) is 6.33. The number of rotatable bonds is 9. The minimum atomic E-state index is -4.29. The molecule has 0 saturated carbocycles. The summed E-state index contributed by atoms with van der Waals surface area (Å²) in [5, 5.41) is 4.01. The molecular weight excluding hydrogens is 466 g/mol. The number of primary amides is 1. The van der Waals surface area contributed by atoms with Crippen molar-refractivity contribution in [3.05, 3.63) is 59.0 Å². The number of aromatic nitrogens is 1. The van der Waals surface area contributed by atoms with E-state index in [-0.39, 0.29) is 24.9 Å². The van der Waals surface area contributed by atoms with E-state index in [9.17, 15) is 22.4 Å². The molecule has 2 heterocycles. The Morgan fingerprint density at radius 1 is 1.29 bits per heavy atom. The zero-order valence-electron chi connectivity index (χ0n) is 19.2. The molecule has 2 atom stereocenters. The molecule has 0 saturated heterocycles. The lowest BCUT2D eigenvalue weighted by Gasteiger charge is -2.32. The molecule has 1 unspecified atom stereocenters. The van der Waals surface area contributed by atoms with Crippen molar-refractivity contribution in [1.82, 2.24) is 10.3 Å². The maximum Gasteiger partial charge on any atom is 0.389 e. The number of carbonyl (C=O) groups is 1. The fourth-order valence-corrected chi connectivity index (χ4v) is 4.62. The van der Waals surface area contributed by atoms with Gasteiger partial charge in [0.15, 0.2) is 11.5 Å². The molecule has 4 N–H and O–H groups in total. The van der Waals surface area contributed by atoms with Crippen LogP contribution in [0.5, 0.6) is 11.5 Å². The van der Waals surface area contributed by atoms with Gasteiger partial charge in [0.1, 0.15) is 12.4 Å². The molecule has 0 bridgehead atoms. The zero-order chi connectivity index (χ0) is 25.2. The van der Waals surface area contributed by atoms with E-state index >= 15 is 0 Å². The molecule has 188 valence electrons. The van der Waals surface area contributed by atoms with Crippen molar-refractivity contribution in [2.75, 3.05) is 13.7 Å². The van der Waals surface area contributed by atoms with Crippen LogP contribution in [0.3, 0.4) is 0 Å². The number of aromatic amines is 1. The number of fused-ring (bicyclic) bond motifs is 2. The summed E-state index contributed by atoms with van der Waals surface area (Å²) in [6.45, 7) is 0.201. The summed E-state index contributed by atoms with van der Waals surface area (Å²) in [4.78, 5) is 15.0. The maximum atomic E-state index is 13.7. The van der Waals surface area contributed by atoms with Gasteiger partial charge in [-0.15, -0.1) is 0 Å². The number of amides is 1. The van der Waals surface area contributed by atoms with Gasteiger partial charge in [0.2, 0.25) is 5.91 Å². The first kappa shape index (κ1) is 24.8. The van der Waals surface area contributed by atoms with E-state index < -0.39 is 24.5 Å². The molecule has 0 fully saturated rings. The first-order valence-electron chi connectivity index (χ1n) is 11.4. The predicted molar refractivity (Wildman–Crippen MR) is 123 cm³/mol. The van der Waals surface area contributed by atoms with Crippen molar-refractivity contribution in [3.8, 4) is 11.5 Å². The highest BCUT2D eigenvalue weighted by Gasteiger charge is 2.31. The van der Waals surface area contributed by atoms with Crippen LogP contribution in [0.15, 0.2) is 36.5 Å². The summed E-state index contributed by atoms with van der Waals surface area (Å²) in [5.74, 6) is -0.102. The van der Waals surface area contributed by atoms with Crippen molar-refractivity contribution < 1.29 is 31.8 Å². The van der Waals surface area contributed by atoms with Gasteiger partial charge >= 0.3 is 6.18 Å². The highest BCUT2D eigenvalue weighted by atomic mass is 19.4. The van der Waals surface area contributed by atoms with Crippen molar-refractivity contribution in [1.29, 1.82) is 0 Å². The number of nitrogens with one attached hydrogen (secondary N) is 2. The molecule has 0 spiro atoms. The second-order valence-corrected chi connectivity index (χ2v) is 8.76. The lowest BCUT2D eigenvalue weighted by molar-refractivity contribution is -0.136. The number of benzene rings is 2. The molecule has 0 radical (unpaired) electrons. The van der Waals surface area contributed by atoms with Crippen molar-refractivity contribution in [3.63, 3.8) is 0 Å². The van der Waals surface area contributed by atoms with Crippen LogP contribution in [0.25, 0.3) is 10.9 Å². The van der Waals surface area contributed by atoms with Crippen LogP contribution >= 0.6 is 0 Å². The minimum Gasteiger partial charge on any atom is -0.493 e. The highest BCUT2D eigenvalue weighted by molar-refractivity contribution is 5.95. The molecule has 4 rings (SSSR count). The quantitative estimate of drug-likeness (QED) is 0.379. The predicted octanol–water partition coefficient (Wildman–Crippen LogP) is 4.65. The van der Waals surface area contributed by atoms with E-state index in [1.165, 1.54) is 19.2 Å². The van der Waals surface area contributed by atoms with Gasteiger partial charge in [0.05, 0.1) is 7.11 Å². The molecule has 2 aromatic carbocycles. The fraction of sp³-hybridized carbons (Fsp3) is 0.400. The number of H-pyrrole nitrogens is 1. The summed E-state index contributed by atoms with van der Waals surface area (Å²) in [6.07, 6.45) is -2.36. The number of ether oxygens (including phenoxy) is 2. The standard InChI is InChI=1S/C25H27F4N3O3/c1-34-22-7-5-18(24(30)33)20-11-17(13-35-23(20)22)32-16(8-9-25(27,28)29)4-2-14-12-31-21-6-3-15(26)10-19(14)21/h3,5-7,10,12,16-17,31-32H,2,4,8-9,11,13H2,1H3,(H2,30,33)/t16?,17-/m1/s1. The monoisotopic (exact) mass is 493 g/mol. The van der Waals surface area contributed by atoms with Crippen LogP contribution in [0.2, 0.25) is 0 Å². The molecular formula is C25H27F4N3O3. The van der Waals surface area contributed by atoms with Gasteiger partial charge in [-0.1, -0.05) is 0 Å². The van der Waals surface area contributed by atoms with Gasteiger partial charge in [-0.2, -0.15) is 13.2 Å². The Hall–Kier alpha value is -3.27. The van der Waals surface area contributed by atoms with Crippen LogP contribution in [0, 0.1) is 5.82 Å². The third kappa shape index (κ3) is 5.87. The second-order valence-electron chi connectivity index (χ2n) is 8.76. The van der Waals surface area contributed by atoms with E-state index in [2.05, 4.69) is 10.3 Å².